The molecule has 0 rings (SSSR count). The maximum absolute atomic E-state index is 13.1. The largest absolute Gasteiger partial charge is 0.472 e. The fraction of sp³-hybridized carbons (Fsp3) is 0.647. The predicted octanol–water partition coefficient (Wildman–Crippen LogP) is 23.2. The molecule has 0 spiro atoms. The van der Waals surface area contributed by atoms with Gasteiger partial charge in [-0.15, -0.1) is 0 Å². The summed E-state index contributed by atoms with van der Waals surface area (Å²) in [5.74, 6) is -2.32. The maximum atomic E-state index is 13.1. The Kier molecular flexibility index (Phi) is 72.0. The molecule has 0 saturated carbocycles. The van der Waals surface area contributed by atoms with Crippen LogP contribution in [0.4, 0.5) is 0 Å². The first-order valence-electron chi connectivity index (χ1n) is 39.7. The number of carbonyl (C=O) groups is 4. The van der Waals surface area contributed by atoms with Gasteiger partial charge in [0.15, 0.2) is 12.2 Å². The lowest BCUT2D eigenvalue weighted by Gasteiger charge is -2.21. The molecule has 0 heterocycles. The number of unbranched alkanes of at least 4 members (excludes halogenated alkanes) is 21. The molecule has 0 aromatic rings. The van der Waals surface area contributed by atoms with Crippen LogP contribution in [0.25, 0.3) is 0 Å². The SMILES string of the molecule is CC/C=C\C/C=C\C/C=C\C/C=C\C/C=C\CCCC(=O)OCC(COP(=O)(O)OCC(O)COP(=O)(O)OCC(COC(=O)CCCCCCCCC/C=C\C/C=C\C/C=C\CC)OC(=O)CCCCCCCCCCCCCCC)OC(=O)CCC/C=C\C/C=C\C/C=C\C/C=C\C/C=C\CC. The molecule has 0 aliphatic heterocycles. The van der Waals surface area contributed by atoms with Crippen LogP contribution in [0.3, 0.4) is 0 Å². The summed E-state index contributed by atoms with van der Waals surface area (Å²) in [7, 11) is -10.0. The molecule has 104 heavy (non-hydrogen) atoms. The van der Waals surface area contributed by atoms with Gasteiger partial charge in [-0.05, 0) is 135 Å². The van der Waals surface area contributed by atoms with E-state index in [1.165, 1.54) is 51.4 Å². The van der Waals surface area contributed by atoms with Gasteiger partial charge in [0.05, 0.1) is 26.4 Å². The lowest BCUT2D eigenvalue weighted by Crippen LogP contribution is -2.30. The van der Waals surface area contributed by atoms with E-state index in [1.807, 2.05) is 24.3 Å². The van der Waals surface area contributed by atoms with Gasteiger partial charge in [0.1, 0.15) is 19.3 Å². The zero-order valence-electron chi connectivity index (χ0n) is 64.6. The summed E-state index contributed by atoms with van der Waals surface area (Å²) in [5.41, 5.74) is 0. The highest BCUT2D eigenvalue weighted by Crippen LogP contribution is 2.45. The Morgan fingerprint density at radius 3 is 0.817 bits per heavy atom. The number of hydrogen-bond acceptors (Lipinski definition) is 15. The Balaban J connectivity index is 5.47. The Bertz CT molecular complexity index is 2590. The monoisotopic (exact) mass is 1490 g/mol. The molecule has 17 nitrogen and oxygen atoms in total. The summed E-state index contributed by atoms with van der Waals surface area (Å²) < 4.78 is 68.5. The second kappa shape index (κ2) is 75.9. The molecule has 0 saturated heterocycles. The second-order valence-corrected chi connectivity index (χ2v) is 28.8. The lowest BCUT2D eigenvalue weighted by atomic mass is 10.0. The van der Waals surface area contributed by atoms with Gasteiger partial charge < -0.3 is 33.8 Å². The number of ether oxygens (including phenoxy) is 4. The summed E-state index contributed by atoms with van der Waals surface area (Å²) in [6.07, 6.45) is 88.1. The third-order valence-corrected chi connectivity index (χ3v) is 17.9. The normalized spacial score (nSPS) is 14.7. The summed E-state index contributed by atoms with van der Waals surface area (Å²) in [6, 6.07) is 0. The summed E-state index contributed by atoms with van der Waals surface area (Å²) in [5, 5.41) is 10.6. The van der Waals surface area contributed by atoms with Crippen molar-refractivity contribution in [2.24, 2.45) is 0 Å². The van der Waals surface area contributed by atoms with Crippen molar-refractivity contribution in [2.45, 2.75) is 316 Å². The topological polar surface area (TPSA) is 237 Å². The molecular formula is C85H140O17P2. The van der Waals surface area contributed by atoms with Gasteiger partial charge >= 0.3 is 39.5 Å². The number of aliphatic hydroxyl groups is 1. The Morgan fingerprint density at radius 1 is 0.279 bits per heavy atom. The van der Waals surface area contributed by atoms with Crippen LogP contribution in [0.5, 0.6) is 0 Å². The molecule has 0 aromatic carbocycles. The molecule has 0 bridgehead atoms. The Labute approximate surface area is 629 Å². The van der Waals surface area contributed by atoms with Crippen LogP contribution < -0.4 is 0 Å². The fourth-order valence-electron chi connectivity index (χ4n) is 10.1. The predicted molar refractivity (Wildman–Crippen MR) is 427 cm³/mol. The van der Waals surface area contributed by atoms with E-state index in [-0.39, 0.29) is 25.7 Å². The van der Waals surface area contributed by atoms with E-state index in [0.29, 0.717) is 38.5 Å². The van der Waals surface area contributed by atoms with Gasteiger partial charge in [-0.1, -0.05) is 295 Å². The molecule has 19 heteroatoms. The van der Waals surface area contributed by atoms with Crippen LogP contribution in [0, 0.1) is 0 Å². The van der Waals surface area contributed by atoms with Crippen molar-refractivity contribution in [3.63, 3.8) is 0 Å². The molecule has 0 amide bonds. The zero-order chi connectivity index (χ0) is 76.0. The number of aliphatic hydroxyl groups excluding tert-OH is 1. The first kappa shape index (κ1) is 98.7. The minimum absolute atomic E-state index is 0.000554. The summed E-state index contributed by atoms with van der Waals surface area (Å²) in [4.78, 5) is 73.0. The number of phosphoric ester groups is 2. The molecule has 0 aliphatic rings. The third kappa shape index (κ3) is 74.9. The van der Waals surface area contributed by atoms with E-state index in [9.17, 15) is 43.2 Å². The summed E-state index contributed by atoms with van der Waals surface area (Å²) in [6.45, 7) is 4.40. The third-order valence-electron chi connectivity index (χ3n) is 16.0. The molecule has 0 radical (unpaired) electrons. The highest BCUT2D eigenvalue weighted by atomic mass is 31.2. The van der Waals surface area contributed by atoms with Crippen LogP contribution in [0.2, 0.25) is 0 Å². The van der Waals surface area contributed by atoms with E-state index in [0.717, 1.165) is 154 Å². The standard InChI is InChI=1S/C85H140O17P2/c1-5-9-13-17-21-25-29-33-36-39-42-46-49-53-57-61-65-69-82(87)95-75-80(101-84(89)71-67-63-59-55-51-45-32-28-24-20-16-12-8-4)77-99-103(91,92)97-73-79(86)74-98-104(93,94)100-78-81(102-85(90)72-68-64-60-56-52-48-44-41-38-35-31-27-23-19-15-11-7-3)76-96-83(88)70-66-62-58-54-50-47-43-40-37-34-30-26-22-18-14-10-6-2/h9-11,13-15,21-23,25-27,33-38,43-44,47-48,54,56,58,60,79-81,86H,5-8,12,16-20,24,28-32,39-42,45-46,49-53,55,57,59,61-78H2,1-4H3,(H,91,92)(H,93,94)/b13-9-,14-10-,15-11-,25-21-,26-22-,27-23-,36-33-,37-34-,38-35-,47-43-,48-44-,58-54-,60-56-. The lowest BCUT2D eigenvalue weighted by molar-refractivity contribution is -0.161. The number of hydrogen-bond donors (Lipinski definition) is 3. The molecule has 0 aliphatic carbocycles. The Hall–Kier alpha value is -5.32. The van der Waals surface area contributed by atoms with Crippen molar-refractivity contribution < 1.29 is 80.2 Å². The average Bonchev–Trinajstić information content (AvgIpc) is 0.910. The zero-order valence-corrected chi connectivity index (χ0v) is 66.4. The smallest absolute Gasteiger partial charge is 0.462 e. The van der Waals surface area contributed by atoms with E-state index >= 15 is 0 Å². The average molecular weight is 1500 g/mol. The molecule has 5 atom stereocenters. The van der Waals surface area contributed by atoms with Crippen molar-refractivity contribution in [1.29, 1.82) is 0 Å². The van der Waals surface area contributed by atoms with Gasteiger partial charge in [0.25, 0.3) is 0 Å². The van der Waals surface area contributed by atoms with Crippen LogP contribution in [0.15, 0.2) is 158 Å². The quantitative estimate of drug-likeness (QED) is 0.0169. The van der Waals surface area contributed by atoms with Crippen LogP contribution in [-0.4, -0.2) is 96.7 Å². The number of carbonyl (C=O) groups excluding carboxylic acids is 4. The molecule has 0 fully saturated rings. The van der Waals surface area contributed by atoms with Gasteiger partial charge in [0, 0.05) is 25.7 Å². The first-order chi connectivity index (χ1) is 50.7. The van der Waals surface area contributed by atoms with Crippen LogP contribution in [-0.2, 0) is 65.4 Å². The number of phosphoric acid groups is 2. The number of esters is 4. The van der Waals surface area contributed by atoms with Crippen LogP contribution >= 0.6 is 15.6 Å². The minimum atomic E-state index is -5.01. The second-order valence-electron chi connectivity index (χ2n) is 25.9. The van der Waals surface area contributed by atoms with Gasteiger partial charge in [-0.25, -0.2) is 9.13 Å². The molecular weight excluding hydrogens is 1350 g/mol. The van der Waals surface area contributed by atoms with Crippen molar-refractivity contribution in [2.75, 3.05) is 39.6 Å². The first-order valence-corrected chi connectivity index (χ1v) is 42.7. The highest BCUT2D eigenvalue weighted by molar-refractivity contribution is 7.47. The van der Waals surface area contributed by atoms with Gasteiger partial charge in [0.2, 0.25) is 0 Å². The highest BCUT2D eigenvalue weighted by Gasteiger charge is 2.30. The Morgan fingerprint density at radius 2 is 0.510 bits per heavy atom. The minimum Gasteiger partial charge on any atom is -0.462 e. The summed E-state index contributed by atoms with van der Waals surface area (Å²) >= 11 is 0. The van der Waals surface area contributed by atoms with Crippen molar-refractivity contribution in [3.8, 4) is 0 Å². The van der Waals surface area contributed by atoms with Crippen molar-refractivity contribution in [1.82, 2.24) is 0 Å². The van der Waals surface area contributed by atoms with E-state index in [4.69, 9.17) is 37.0 Å². The van der Waals surface area contributed by atoms with Crippen molar-refractivity contribution >= 4 is 39.5 Å². The van der Waals surface area contributed by atoms with Gasteiger partial charge in [-0.3, -0.25) is 37.3 Å². The molecule has 0 aromatic heterocycles. The maximum Gasteiger partial charge on any atom is 0.472 e. The number of allylic oxidation sites excluding steroid dienone is 26. The molecule has 592 valence electrons. The van der Waals surface area contributed by atoms with E-state index < -0.39 is 97.5 Å². The van der Waals surface area contributed by atoms with E-state index in [1.54, 1.807) is 0 Å². The van der Waals surface area contributed by atoms with Crippen molar-refractivity contribution in [3.05, 3.63) is 158 Å². The van der Waals surface area contributed by atoms with Gasteiger partial charge in [-0.2, -0.15) is 0 Å². The molecule has 3 N–H and O–H groups in total. The number of rotatable bonds is 73. The fourth-order valence-corrected chi connectivity index (χ4v) is 11.6. The van der Waals surface area contributed by atoms with E-state index in [2.05, 4.69) is 161 Å². The van der Waals surface area contributed by atoms with Crippen LogP contribution in [0.1, 0.15) is 297 Å². The molecule has 5 unspecified atom stereocenters.